The third kappa shape index (κ3) is 3.36. The molecule has 1 fully saturated rings. The zero-order valence-corrected chi connectivity index (χ0v) is 17.0. The number of carbonyl (C=O) groups excluding carboxylic acids is 1. The van der Waals surface area contributed by atoms with Crippen molar-refractivity contribution in [3.05, 3.63) is 66.3 Å². The Hall–Kier alpha value is -3.48. The summed E-state index contributed by atoms with van der Waals surface area (Å²) in [6.45, 7) is 4.64. The predicted octanol–water partition coefficient (Wildman–Crippen LogP) is 4.47. The highest BCUT2D eigenvalue weighted by atomic mass is 16.3. The van der Waals surface area contributed by atoms with E-state index in [4.69, 9.17) is 9.40 Å². The van der Waals surface area contributed by atoms with Crippen LogP contribution in [0.4, 0.5) is 0 Å². The second-order valence-corrected chi connectivity index (χ2v) is 7.98. The van der Waals surface area contributed by atoms with Gasteiger partial charge in [-0.2, -0.15) is 5.10 Å². The van der Waals surface area contributed by atoms with Gasteiger partial charge in [-0.25, -0.2) is 9.67 Å². The second kappa shape index (κ2) is 7.40. The van der Waals surface area contributed by atoms with Crippen LogP contribution in [-0.2, 0) is 6.54 Å². The van der Waals surface area contributed by atoms with E-state index in [-0.39, 0.29) is 18.0 Å². The normalized spacial score (nSPS) is 13.8. The monoisotopic (exact) mass is 401 g/mol. The lowest BCUT2D eigenvalue weighted by Crippen LogP contribution is -2.32. The largest absolute Gasteiger partial charge is 0.463 e. The molecule has 0 radical (unpaired) electrons. The van der Waals surface area contributed by atoms with Gasteiger partial charge in [-0.05, 0) is 56.5 Å². The van der Waals surface area contributed by atoms with Gasteiger partial charge in [-0.3, -0.25) is 9.78 Å². The molecule has 7 heteroatoms. The zero-order chi connectivity index (χ0) is 20.7. The average molecular weight is 401 g/mol. The minimum Gasteiger partial charge on any atom is -0.463 e. The first-order chi connectivity index (χ1) is 14.6. The van der Waals surface area contributed by atoms with Crippen LogP contribution in [0.2, 0.25) is 0 Å². The molecule has 4 aromatic heterocycles. The lowest BCUT2D eigenvalue weighted by atomic mass is 10.1. The minimum absolute atomic E-state index is 0.00938. The maximum Gasteiger partial charge on any atom is 0.255 e. The fraction of sp³-hybridized carbons (Fsp3) is 0.304. The van der Waals surface area contributed by atoms with Gasteiger partial charge in [0.2, 0.25) is 0 Å². The Morgan fingerprint density at radius 2 is 2.13 bits per heavy atom. The molecule has 4 heterocycles. The summed E-state index contributed by atoms with van der Waals surface area (Å²) < 4.78 is 7.42. The van der Waals surface area contributed by atoms with Crippen molar-refractivity contribution >= 4 is 16.9 Å². The summed E-state index contributed by atoms with van der Waals surface area (Å²) >= 11 is 0. The summed E-state index contributed by atoms with van der Waals surface area (Å²) in [6, 6.07) is 9.79. The topological polar surface area (TPSA) is 77.0 Å². The molecular formula is C23H23N5O2. The van der Waals surface area contributed by atoms with Crippen LogP contribution < -0.4 is 0 Å². The molecule has 0 spiro atoms. The van der Waals surface area contributed by atoms with Crippen molar-refractivity contribution in [3.63, 3.8) is 0 Å². The number of hydrogen-bond acceptors (Lipinski definition) is 5. The molecule has 0 unspecified atom stereocenters. The molecule has 152 valence electrons. The van der Waals surface area contributed by atoms with Gasteiger partial charge in [0.25, 0.3) is 5.91 Å². The minimum atomic E-state index is -0.00938. The highest BCUT2D eigenvalue weighted by molar-refractivity contribution is 6.06. The fourth-order valence-corrected chi connectivity index (χ4v) is 3.72. The number of nitrogens with zero attached hydrogens (tertiary/aromatic N) is 5. The molecule has 0 aromatic carbocycles. The van der Waals surface area contributed by atoms with Gasteiger partial charge in [0.05, 0.1) is 23.4 Å². The Balaban J connectivity index is 1.62. The number of rotatable bonds is 6. The first kappa shape index (κ1) is 18.5. The zero-order valence-electron chi connectivity index (χ0n) is 17.0. The van der Waals surface area contributed by atoms with Crippen LogP contribution in [0.25, 0.3) is 22.5 Å². The van der Waals surface area contributed by atoms with Crippen molar-refractivity contribution in [2.24, 2.45) is 0 Å². The molecule has 0 aliphatic heterocycles. The number of amides is 1. The van der Waals surface area contributed by atoms with Crippen LogP contribution in [0.15, 0.2) is 59.6 Å². The van der Waals surface area contributed by atoms with E-state index in [9.17, 15) is 4.79 Å². The molecule has 0 bridgehead atoms. The highest BCUT2D eigenvalue weighted by Crippen LogP contribution is 2.33. The molecule has 4 aromatic rings. The smallest absolute Gasteiger partial charge is 0.255 e. The van der Waals surface area contributed by atoms with Crippen molar-refractivity contribution in [3.8, 4) is 11.5 Å². The third-order valence-electron chi connectivity index (χ3n) is 5.38. The van der Waals surface area contributed by atoms with Crippen molar-refractivity contribution in [1.82, 2.24) is 24.6 Å². The lowest BCUT2D eigenvalue weighted by Gasteiger charge is -2.23. The first-order valence-electron chi connectivity index (χ1n) is 10.2. The second-order valence-electron chi connectivity index (χ2n) is 7.98. The van der Waals surface area contributed by atoms with Crippen molar-refractivity contribution in [2.75, 3.05) is 0 Å². The quantitative estimate of drug-likeness (QED) is 0.476. The van der Waals surface area contributed by atoms with Gasteiger partial charge in [0, 0.05) is 31.0 Å². The first-order valence-corrected chi connectivity index (χ1v) is 10.2. The summed E-state index contributed by atoms with van der Waals surface area (Å²) in [7, 11) is 0. The van der Waals surface area contributed by atoms with Gasteiger partial charge in [0.15, 0.2) is 11.4 Å². The summed E-state index contributed by atoms with van der Waals surface area (Å²) in [5.74, 6) is 0.623. The Morgan fingerprint density at radius 3 is 2.80 bits per heavy atom. The van der Waals surface area contributed by atoms with E-state index in [1.54, 1.807) is 18.7 Å². The van der Waals surface area contributed by atoms with E-state index in [0.717, 1.165) is 23.8 Å². The molecule has 1 saturated carbocycles. The molecule has 1 aliphatic rings. The summed E-state index contributed by atoms with van der Waals surface area (Å²) in [4.78, 5) is 24.7. The molecule has 0 saturated heterocycles. The Morgan fingerprint density at radius 1 is 1.27 bits per heavy atom. The van der Waals surface area contributed by atoms with E-state index in [1.165, 1.54) is 0 Å². The predicted molar refractivity (Wildman–Crippen MR) is 113 cm³/mol. The maximum atomic E-state index is 13.8. The molecular weight excluding hydrogens is 378 g/mol. The maximum absolute atomic E-state index is 13.8. The Kier molecular flexibility index (Phi) is 4.58. The molecule has 0 atom stereocenters. The van der Waals surface area contributed by atoms with Gasteiger partial charge in [0.1, 0.15) is 5.69 Å². The van der Waals surface area contributed by atoms with E-state index in [1.807, 2.05) is 60.0 Å². The van der Waals surface area contributed by atoms with E-state index in [0.29, 0.717) is 29.2 Å². The van der Waals surface area contributed by atoms with Crippen LogP contribution in [0.3, 0.4) is 0 Å². The number of furan rings is 1. The van der Waals surface area contributed by atoms with Crippen LogP contribution in [-0.4, -0.2) is 36.6 Å². The summed E-state index contributed by atoms with van der Waals surface area (Å²) in [6.07, 6.45) is 8.97. The van der Waals surface area contributed by atoms with E-state index < -0.39 is 0 Å². The standard InChI is InChI=1S/C23H23N5O2/c1-15(2)28-22-19(13-25-28)18(11-20(26-22)21-6-4-10-30-21)23(29)27(17-7-8-17)14-16-5-3-9-24-12-16/h3-6,9-13,15,17H,7-8,14H2,1-2H3. The lowest BCUT2D eigenvalue weighted by molar-refractivity contribution is 0.0731. The molecule has 0 N–H and O–H groups in total. The van der Waals surface area contributed by atoms with Crippen LogP contribution in [0.5, 0.6) is 0 Å². The molecule has 5 rings (SSSR count). The summed E-state index contributed by atoms with van der Waals surface area (Å²) in [5.41, 5.74) is 2.95. The van der Waals surface area contributed by atoms with Crippen LogP contribution in [0, 0.1) is 0 Å². The van der Waals surface area contributed by atoms with Gasteiger partial charge in [-0.15, -0.1) is 0 Å². The van der Waals surface area contributed by atoms with Gasteiger partial charge in [-0.1, -0.05) is 6.07 Å². The highest BCUT2D eigenvalue weighted by Gasteiger charge is 2.34. The number of hydrogen-bond donors (Lipinski definition) is 0. The van der Waals surface area contributed by atoms with Crippen molar-refractivity contribution < 1.29 is 9.21 Å². The number of aromatic nitrogens is 4. The van der Waals surface area contributed by atoms with Crippen LogP contribution in [0.1, 0.15) is 48.7 Å². The van der Waals surface area contributed by atoms with Gasteiger partial charge >= 0.3 is 0 Å². The molecule has 1 aliphatic carbocycles. The number of pyridine rings is 2. The Labute approximate surface area is 174 Å². The van der Waals surface area contributed by atoms with Crippen molar-refractivity contribution in [2.45, 2.75) is 45.3 Å². The molecule has 1 amide bonds. The average Bonchev–Trinajstić information content (AvgIpc) is 3.26. The third-order valence-corrected chi connectivity index (χ3v) is 5.38. The fourth-order valence-electron chi connectivity index (χ4n) is 3.72. The molecule has 30 heavy (non-hydrogen) atoms. The van der Waals surface area contributed by atoms with Gasteiger partial charge < -0.3 is 9.32 Å². The Bertz CT molecular complexity index is 1180. The van der Waals surface area contributed by atoms with Crippen LogP contribution >= 0.6 is 0 Å². The molecule has 7 nitrogen and oxygen atoms in total. The summed E-state index contributed by atoms with van der Waals surface area (Å²) in [5, 5.41) is 5.27. The number of fused-ring (bicyclic) bond motifs is 1. The number of carbonyl (C=O) groups is 1. The van der Waals surface area contributed by atoms with Crippen molar-refractivity contribution in [1.29, 1.82) is 0 Å². The van der Waals surface area contributed by atoms with E-state index >= 15 is 0 Å². The SMILES string of the molecule is CC(C)n1ncc2c(C(=O)N(Cc3cccnc3)C3CC3)cc(-c3ccco3)nc21. The van der Waals surface area contributed by atoms with E-state index in [2.05, 4.69) is 10.1 Å².